The van der Waals surface area contributed by atoms with E-state index in [9.17, 15) is 14.0 Å². The first-order valence-corrected chi connectivity index (χ1v) is 7.12. The molecule has 1 rings (SSSR count). The quantitative estimate of drug-likeness (QED) is 0.591. The van der Waals surface area contributed by atoms with Crippen LogP contribution in [0.5, 0.6) is 0 Å². The van der Waals surface area contributed by atoms with E-state index in [0.717, 1.165) is 0 Å². The largest absolute Gasteiger partial charge is 0.481 e. The Balaban J connectivity index is 2.54. The zero-order valence-corrected chi connectivity index (χ0v) is 12.3. The molecule has 0 aliphatic carbocycles. The molecule has 0 aromatic heterocycles. The predicted octanol–water partition coefficient (Wildman–Crippen LogP) is 3.19. The standard InChI is InChI=1S/C16H21FO4/c1-3-11(2)21-16(20)13(15(18)19)9-6-8-12-7-4-5-10-14(12)17/h4-5,7,10-11,13H,3,6,8-9H2,1-2H3,(H,18,19). The number of aliphatic carboxylic acids is 1. The molecule has 1 aromatic rings. The summed E-state index contributed by atoms with van der Waals surface area (Å²) in [5.41, 5.74) is 0.525. The number of halogens is 1. The van der Waals surface area contributed by atoms with Crippen LogP contribution in [0, 0.1) is 11.7 Å². The molecule has 5 heteroatoms. The van der Waals surface area contributed by atoms with E-state index < -0.39 is 17.9 Å². The lowest BCUT2D eigenvalue weighted by Crippen LogP contribution is -2.28. The lowest BCUT2D eigenvalue weighted by atomic mass is 9.99. The number of carbonyl (C=O) groups is 2. The molecule has 0 heterocycles. The van der Waals surface area contributed by atoms with E-state index in [-0.39, 0.29) is 18.3 Å². The van der Waals surface area contributed by atoms with Gasteiger partial charge in [0.1, 0.15) is 5.82 Å². The van der Waals surface area contributed by atoms with Gasteiger partial charge in [-0.25, -0.2) is 4.39 Å². The van der Waals surface area contributed by atoms with Crippen molar-refractivity contribution in [3.8, 4) is 0 Å². The molecule has 0 spiro atoms. The van der Waals surface area contributed by atoms with Gasteiger partial charge in [-0.1, -0.05) is 25.1 Å². The van der Waals surface area contributed by atoms with Crippen molar-refractivity contribution in [2.75, 3.05) is 0 Å². The van der Waals surface area contributed by atoms with Crippen LogP contribution in [0.4, 0.5) is 4.39 Å². The summed E-state index contributed by atoms with van der Waals surface area (Å²) >= 11 is 0. The molecule has 0 aliphatic rings. The summed E-state index contributed by atoms with van der Waals surface area (Å²) in [6, 6.07) is 6.34. The molecule has 0 saturated heterocycles. The number of carboxylic acids is 1. The Morgan fingerprint density at radius 1 is 1.33 bits per heavy atom. The first kappa shape index (κ1) is 17.1. The lowest BCUT2D eigenvalue weighted by molar-refractivity contribution is -0.162. The fourth-order valence-electron chi connectivity index (χ4n) is 1.90. The van der Waals surface area contributed by atoms with Gasteiger partial charge in [0, 0.05) is 0 Å². The topological polar surface area (TPSA) is 63.6 Å². The number of hydrogen-bond acceptors (Lipinski definition) is 3. The average Bonchev–Trinajstić information content (AvgIpc) is 2.44. The Morgan fingerprint density at radius 3 is 2.57 bits per heavy atom. The molecule has 0 fully saturated rings. The maximum atomic E-state index is 13.4. The summed E-state index contributed by atoms with van der Waals surface area (Å²) in [5, 5.41) is 9.11. The van der Waals surface area contributed by atoms with E-state index in [4.69, 9.17) is 9.84 Å². The molecule has 0 aliphatic heterocycles. The third kappa shape index (κ3) is 5.53. The summed E-state index contributed by atoms with van der Waals surface area (Å²) in [6.45, 7) is 3.57. The van der Waals surface area contributed by atoms with Crippen LogP contribution in [0.15, 0.2) is 24.3 Å². The molecule has 1 aromatic carbocycles. The van der Waals surface area contributed by atoms with Crippen LogP contribution in [0.3, 0.4) is 0 Å². The van der Waals surface area contributed by atoms with E-state index >= 15 is 0 Å². The van der Waals surface area contributed by atoms with E-state index in [0.29, 0.717) is 24.8 Å². The summed E-state index contributed by atoms with van der Waals surface area (Å²) in [4.78, 5) is 22.9. The highest BCUT2D eigenvalue weighted by molar-refractivity contribution is 5.93. The van der Waals surface area contributed by atoms with Crippen molar-refractivity contribution < 1.29 is 23.8 Å². The second kappa shape index (κ2) is 8.39. The number of hydrogen-bond donors (Lipinski definition) is 1. The SMILES string of the molecule is CCC(C)OC(=O)C(CCCc1ccccc1F)C(=O)O. The second-order valence-electron chi connectivity index (χ2n) is 5.03. The van der Waals surface area contributed by atoms with Gasteiger partial charge in [0.2, 0.25) is 0 Å². The number of rotatable bonds is 8. The Hall–Kier alpha value is -1.91. The van der Waals surface area contributed by atoms with E-state index in [1.54, 1.807) is 25.1 Å². The minimum atomic E-state index is -1.20. The van der Waals surface area contributed by atoms with Crippen LogP contribution in [0.2, 0.25) is 0 Å². The summed E-state index contributed by atoms with van der Waals surface area (Å²) in [7, 11) is 0. The molecule has 0 amide bonds. The van der Waals surface area contributed by atoms with Gasteiger partial charge in [-0.15, -0.1) is 0 Å². The number of aryl methyl sites for hydroxylation is 1. The van der Waals surface area contributed by atoms with Crippen LogP contribution < -0.4 is 0 Å². The van der Waals surface area contributed by atoms with Crippen molar-refractivity contribution in [1.82, 2.24) is 0 Å². The molecular weight excluding hydrogens is 275 g/mol. The molecule has 2 unspecified atom stereocenters. The minimum Gasteiger partial charge on any atom is -0.481 e. The molecule has 4 nitrogen and oxygen atoms in total. The second-order valence-corrected chi connectivity index (χ2v) is 5.03. The molecule has 0 saturated carbocycles. The zero-order valence-electron chi connectivity index (χ0n) is 12.3. The van der Waals surface area contributed by atoms with Crippen molar-refractivity contribution in [2.24, 2.45) is 5.92 Å². The van der Waals surface area contributed by atoms with Gasteiger partial charge in [-0.3, -0.25) is 9.59 Å². The highest BCUT2D eigenvalue weighted by atomic mass is 19.1. The summed E-state index contributed by atoms with van der Waals surface area (Å²) in [5.74, 6) is -3.42. The van der Waals surface area contributed by atoms with Gasteiger partial charge in [-0.05, 0) is 44.2 Å². The van der Waals surface area contributed by atoms with Crippen LogP contribution in [-0.2, 0) is 20.7 Å². The van der Waals surface area contributed by atoms with Crippen molar-refractivity contribution in [1.29, 1.82) is 0 Å². The molecular formula is C16H21FO4. The Morgan fingerprint density at radius 2 is 2.00 bits per heavy atom. The normalized spacial score (nSPS) is 13.5. The molecule has 116 valence electrons. The molecule has 2 atom stereocenters. The van der Waals surface area contributed by atoms with Gasteiger partial charge >= 0.3 is 11.9 Å². The van der Waals surface area contributed by atoms with Gasteiger partial charge in [0.25, 0.3) is 0 Å². The van der Waals surface area contributed by atoms with E-state index in [2.05, 4.69) is 0 Å². The Bertz CT molecular complexity index is 487. The van der Waals surface area contributed by atoms with Gasteiger partial charge in [0.05, 0.1) is 6.10 Å². The van der Waals surface area contributed by atoms with Crippen LogP contribution in [0.25, 0.3) is 0 Å². The molecule has 1 N–H and O–H groups in total. The van der Waals surface area contributed by atoms with Gasteiger partial charge in [0.15, 0.2) is 5.92 Å². The number of ether oxygens (including phenoxy) is 1. The average molecular weight is 296 g/mol. The number of carbonyl (C=O) groups excluding carboxylic acids is 1. The smallest absolute Gasteiger partial charge is 0.320 e. The molecule has 0 radical (unpaired) electrons. The van der Waals surface area contributed by atoms with E-state index in [1.165, 1.54) is 6.07 Å². The monoisotopic (exact) mass is 296 g/mol. The minimum absolute atomic E-state index is 0.138. The maximum Gasteiger partial charge on any atom is 0.320 e. The van der Waals surface area contributed by atoms with Crippen molar-refractivity contribution in [2.45, 2.75) is 45.6 Å². The highest BCUT2D eigenvalue weighted by Crippen LogP contribution is 2.16. The van der Waals surface area contributed by atoms with Crippen LogP contribution in [0.1, 0.15) is 38.7 Å². The summed E-state index contributed by atoms with van der Waals surface area (Å²) in [6.07, 6.45) is 1.28. The van der Waals surface area contributed by atoms with Crippen molar-refractivity contribution >= 4 is 11.9 Å². The molecule has 0 bridgehead atoms. The van der Waals surface area contributed by atoms with Gasteiger partial charge < -0.3 is 9.84 Å². The van der Waals surface area contributed by atoms with Crippen LogP contribution in [-0.4, -0.2) is 23.1 Å². The number of esters is 1. The Labute approximate surface area is 123 Å². The van der Waals surface area contributed by atoms with Crippen molar-refractivity contribution in [3.05, 3.63) is 35.6 Å². The van der Waals surface area contributed by atoms with Crippen LogP contribution >= 0.6 is 0 Å². The predicted molar refractivity (Wildman–Crippen MR) is 76.3 cm³/mol. The maximum absolute atomic E-state index is 13.4. The first-order valence-electron chi connectivity index (χ1n) is 7.12. The van der Waals surface area contributed by atoms with Gasteiger partial charge in [-0.2, -0.15) is 0 Å². The third-order valence-electron chi connectivity index (χ3n) is 3.37. The number of benzene rings is 1. The fraction of sp³-hybridized carbons (Fsp3) is 0.500. The number of carboxylic acid groups (broad SMARTS) is 1. The zero-order chi connectivity index (χ0) is 15.8. The lowest BCUT2D eigenvalue weighted by Gasteiger charge is -2.15. The highest BCUT2D eigenvalue weighted by Gasteiger charge is 2.28. The summed E-state index contributed by atoms with van der Waals surface area (Å²) < 4.78 is 18.5. The Kier molecular flexibility index (Phi) is 6.85. The third-order valence-corrected chi connectivity index (χ3v) is 3.37. The fourth-order valence-corrected chi connectivity index (χ4v) is 1.90. The van der Waals surface area contributed by atoms with E-state index in [1.807, 2.05) is 6.92 Å². The first-order chi connectivity index (χ1) is 9.95. The van der Waals surface area contributed by atoms with Crippen molar-refractivity contribution in [3.63, 3.8) is 0 Å². The molecule has 21 heavy (non-hydrogen) atoms.